The van der Waals surface area contributed by atoms with Crippen LogP contribution in [0.1, 0.15) is 34.6 Å². The van der Waals surface area contributed by atoms with Crippen LogP contribution in [0.2, 0.25) is 0 Å². The molecule has 0 unspecified atom stereocenters. The number of ether oxygens (including phenoxy) is 3. The van der Waals surface area contributed by atoms with Gasteiger partial charge in [-0.05, 0) is 67.6 Å². The lowest BCUT2D eigenvalue weighted by atomic mass is 9.91. The number of methoxy groups -OCH3 is 1. The average molecular weight is 561 g/mol. The second-order valence-corrected chi connectivity index (χ2v) is 11.0. The zero-order valence-electron chi connectivity index (χ0n) is 22.8. The first-order valence-corrected chi connectivity index (χ1v) is 13.5. The molecule has 7 nitrogen and oxygen atoms in total. The van der Waals surface area contributed by atoms with Crippen LogP contribution in [0, 0.1) is 12.7 Å². The van der Waals surface area contributed by atoms with Crippen LogP contribution in [0.15, 0.2) is 66.0 Å². The third-order valence-corrected chi connectivity index (χ3v) is 7.67. The summed E-state index contributed by atoms with van der Waals surface area (Å²) in [6.45, 7) is 5.55. The highest BCUT2D eigenvalue weighted by Crippen LogP contribution is 2.45. The van der Waals surface area contributed by atoms with Gasteiger partial charge in [0.15, 0.2) is 0 Å². The molecule has 3 aromatic carbocycles. The van der Waals surface area contributed by atoms with E-state index in [0.29, 0.717) is 38.9 Å². The number of amides is 1. The number of nitrogens with one attached hydrogen (secondary N) is 1. The number of carbonyl (C=O) groups is 2. The molecule has 0 aliphatic carbocycles. The van der Waals surface area contributed by atoms with Crippen molar-refractivity contribution in [3.05, 3.63) is 87.9 Å². The van der Waals surface area contributed by atoms with Gasteiger partial charge in [-0.15, -0.1) is 11.3 Å². The van der Waals surface area contributed by atoms with Crippen LogP contribution in [0.25, 0.3) is 11.1 Å². The number of rotatable bonds is 7. The summed E-state index contributed by atoms with van der Waals surface area (Å²) in [5.41, 5.74) is 3.58. The standard InChI is InChI=1S/C31H29FN2O5S/c1-18-8-9-19(32)15-25(18)38-17-23-21(12-13-24-28(23)34(4)30(36)31(2,3)33-24)22-11-10-20(16-26(22)37-5)39-29(35)27-7-6-14-40-27/h6-16,33H,17H2,1-5H3. The maximum atomic E-state index is 14.0. The molecule has 1 aliphatic rings. The molecule has 1 amide bonds. The fourth-order valence-corrected chi connectivity index (χ4v) is 5.42. The number of esters is 1. The van der Waals surface area contributed by atoms with Gasteiger partial charge in [-0.25, -0.2) is 9.18 Å². The Hall–Kier alpha value is -4.37. The molecule has 9 heteroatoms. The molecule has 1 aliphatic heterocycles. The van der Waals surface area contributed by atoms with Gasteiger partial charge in [0.05, 0.1) is 18.5 Å². The molecule has 206 valence electrons. The minimum Gasteiger partial charge on any atom is -0.496 e. The SMILES string of the molecule is COc1cc(OC(=O)c2cccs2)ccc1-c1ccc2c(c1COc1cc(F)ccc1C)N(C)C(=O)C(C)(C)N2. The van der Waals surface area contributed by atoms with Crippen molar-refractivity contribution < 1.29 is 28.2 Å². The van der Waals surface area contributed by atoms with E-state index in [1.807, 2.05) is 38.3 Å². The van der Waals surface area contributed by atoms with E-state index in [1.54, 1.807) is 48.3 Å². The Morgan fingerprint density at radius 1 is 1.05 bits per heavy atom. The first kappa shape index (κ1) is 27.2. The molecule has 0 bridgehead atoms. The van der Waals surface area contributed by atoms with Crippen LogP contribution >= 0.6 is 11.3 Å². The zero-order valence-corrected chi connectivity index (χ0v) is 23.6. The average Bonchev–Trinajstić information content (AvgIpc) is 3.47. The van der Waals surface area contributed by atoms with Gasteiger partial charge in [0.2, 0.25) is 0 Å². The van der Waals surface area contributed by atoms with Gasteiger partial charge in [0.25, 0.3) is 5.91 Å². The Bertz CT molecular complexity index is 1600. The van der Waals surface area contributed by atoms with Crippen LogP contribution < -0.4 is 24.4 Å². The molecular formula is C31H29FN2O5S. The van der Waals surface area contributed by atoms with Crippen molar-refractivity contribution >= 4 is 34.6 Å². The van der Waals surface area contributed by atoms with Gasteiger partial charge in [-0.3, -0.25) is 4.79 Å². The van der Waals surface area contributed by atoms with Gasteiger partial charge in [0, 0.05) is 30.3 Å². The van der Waals surface area contributed by atoms with Crippen molar-refractivity contribution in [1.82, 2.24) is 0 Å². The first-order valence-electron chi connectivity index (χ1n) is 12.6. The molecule has 40 heavy (non-hydrogen) atoms. The van der Waals surface area contributed by atoms with Crippen LogP contribution in [-0.2, 0) is 11.4 Å². The van der Waals surface area contributed by atoms with Crippen molar-refractivity contribution in [2.75, 3.05) is 24.4 Å². The van der Waals surface area contributed by atoms with Gasteiger partial charge in [-0.1, -0.05) is 18.2 Å². The lowest BCUT2D eigenvalue weighted by Crippen LogP contribution is -2.52. The maximum Gasteiger partial charge on any atom is 0.353 e. The lowest BCUT2D eigenvalue weighted by molar-refractivity contribution is -0.121. The Labute approximate surface area is 236 Å². The van der Waals surface area contributed by atoms with E-state index >= 15 is 0 Å². The molecule has 0 fully saturated rings. The number of nitrogens with zero attached hydrogens (tertiary/aromatic N) is 1. The molecular weight excluding hydrogens is 531 g/mol. The van der Waals surface area contributed by atoms with Crippen LogP contribution in [0.4, 0.5) is 15.8 Å². The van der Waals surface area contributed by atoms with E-state index in [1.165, 1.54) is 30.6 Å². The smallest absolute Gasteiger partial charge is 0.353 e. The molecule has 1 aromatic heterocycles. The quantitative estimate of drug-likeness (QED) is 0.197. The number of carbonyl (C=O) groups excluding carboxylic acids is 2. The normalized spacial score (nSPS) is 13.8. The Morgan fingerprint density at radius 2 is 1.82 bits per heavy atom. The molecule has 4 aromatic rings. The fraction of sp³-hybridized carbons (Fsp3) is 0.226. The van der Waals surface area contributed by atoms with Crippen molar-refractivity contribution in [1.29, 1.82) is 0 Å². The second kappa shape index (κ2) is 10.7. The zero-order chi connectivity index (χ0) is 28.6. The number of hydrogen-bond donors (Lipinski definition) is 1. The number of benzene rings is 3. The Balaban J connectivity index is 1.59. The summed E-state index contributed by atoms with van der Waals surface area (Å²) < 4.78 is 31.4. The van der Waals surface area contributed by atoms with Crippen molar-refractivity contribution in [3.8, 4) is 28.4 Å². The highest BCUT2D eigenvalue weighted by Gasteiger charge is 2.38. The largest absolute Gasteiger partial charge is 0.496 e. The van der Waals surface area contributed by atoms with E-state index in [9.17, 15) is 14.0 Å². The lowest BCUT2D eigenvalue weighted by Gasteiger charge is -2.39. The molecule has 0 atom stereocenters. The summed E-state index contributed by atoms with van der Waals surface area (Å²) in [6.07, 6.45) is 0. The summed E-state index contributed by atoms with van der Waals surface area (Å²) in [5, 5.41) is 5.14. The van der Waals surface area contributed by atoms with Crippen molar-refractivity contribution in [2.24, 2.45) is 0 Å². The molecule has 0 spiro atoms. The number of halogens is 1. The fourth-order valence-electron chi connectivity index (χ4n) is 4.82. The second-order valence-electron chi connectivity index (χ2n) is 10.0. The third kappa shape index (κ3) is 5.12. The highest BCUT2D eigenvalue weighted by atomic mass is 32.1. The highest BCUT2D eigenvalue weighted by molar-refractivity contribution is 7.12. The van der Waals surface area contributed by atoms with Crippen molar-refractivity contribution in [2.45, 2.75) is 32.9 Å². The number of fused-ring (bicyclic) bond motifs is 1. The third-order valence-electron chi connectivity index (χ3n) is 6.82. The topological polar surface area (TPSA) is 77.1 Å². The van der Waals surface area contributed by atoms with E-state index in [-0.39, 0.29) is 12.5 Å². The molecule has 0 saturated heterocycles. The van der Waals surface area contributed by atoms with Crippen LogP contribution in [-0.4, -0.2) is 31.6 Å². The number of hydrogen-bond acceptors (Lipinski definition) is 7. The summed E-state index contributed by atoms with van der Waals surface area (Å²) in [7, 11) is 3.27. The Morgan fingerprint density at radius 3 is 2.55 bits per heavy atom. The van der Waals surface area contributed by atoms with Gasteiger partial charge < -0.3 is 24.4 Å². The summed E-state index contributed by atoms with van der Waals surface area (Å²) in [5.74, 6) is 0.249. The summed E-state index contributed by atoms with van der Waals surface area (Å²) in [6, 6.07) is 16.9. The molecule has 0 radical (unpaired) electrons. The number of anilines is 2. The molecule has 1 N–H and O–H groups in total. The molecule has 2 heterocycles. The number of thiophene rings is 1. The minimum absolute atomic E-state index is 0.0563. The van der Waals surface area contributed by atoms with Gasteiger partial charge in [0.1, 0.15) is 40.1 Å². The van der Waals surface area contributed by atoms with Crippen molar-refractivity contribution in [3.63, 3.8) is 0 Å². The number of aryl methyl sites for hydroxylation is 1. The monoisotopic (exact) mass is 560 g/mol. The number of likely N-dealkylation sites (N-methyl/N-ethyl adjacent to an activating group) is 1. The van der Waals surface area contributed by atoms with E-state index in [0.717, 1.165) is 16.8 Å². The molecule has 0 saturated carbocycles. The van der Waals surface area contributed by atoms with E-state index in [2.05, 4.69) is 5.32 Å². The summed E-state index contributed by atoms with van der Waals surface area (Å²) in [4.78, 5) is 27.9. The van der Waals surface area contributed by atoms with E-state index < -0.39 is 17.3 Å². The van der Waals surface area contributed by atoms with Crippen LogP contribution in [0.3, 0.4) is 0 Å². The maximum absolute atomic E-state index is 14.0. The Kier molecular flexibility index (Phi) is 7.25. The van der Waals surface area contributed by atoms with E-state index in [4.69, 9.17) is 14.2 Å². The predicted molar refractivity (Wildman–Crippen MR) is 154 cm³/mol. The van der Waals surface area contributed by atoms with Gasteiger partial charge >= 0.3 is 5.97 Å². The van der Waals surface area contributed by atoms with Gasteiger partial charge in [-0.2, -0.15) is 0 Å². The minimum atomic E-state index is -0.799. The van der Waals surface area contributed by atoms with Crippen LogP contribution in [0.5, 0.6) is 17.2 Å². The molecule has 5 rings (SSSR count). The summed E-state index contributed by atoms with van der Waals surface area (Å²) >= 11 is 1.30. The predicted octanol–water partition coefficient (Wildman–Crippen LogP) is 6.84. The first-order chi connectivity index (χ1) is 19.1.